The van der Waals surface area contributed by atoms with Crippen molar-refractivity contribution in [2.45, 2.75) is 82.5 Å². The van der Waals surface area contributed by atoms with Crippen molar-refractivity contribution in [2.24, 2.45) is 5.92 Å². The van der Waals surface area contributed by atoms with E-state index in [1.807, 2.05) is 12.1 Å². The van der Waals surface area contributed by atoms with Crippen molar-refractivity contribution in [3.05, 3.63) is 99.9 Å². The van der Waals surface area contributed by atoms with Crippen molar-refractivity contribution in [1.82, 2.24) is 35.4 Å². The highest BCUT2D eigenvalue weighted by atomic mass is 19.4. The monoisotopic (exact) mass is 881 g/mol. The number of rotatable bonds is 9. The third kappa shape index (κ3) is 8.94. The average Bonchev–Trinajstić information content (AvgIpc) is 3.61. The summed E-state index contributed by atoms with van der Waals surface area (Å²) in [7, 11) is 0. The maximum atomic E-state index is 15.4. The van der Waals surface area contributed by atoms with E-state index in [1.165, 1.54) is 24.5 Å². The first kappa shape index (κ1) is 43.0. The third-order valence-electron chi connectivity index (χ3n) is 13.3. The van der Waals surface area contributed by atoms with Gasteiger partial charge in [-0.2, -0.15) is 22.8 Å². The van der Waals surface area contributed by atoms with Gasteiger partial charge >= 0.3 is 6.18 Å². The number of hydrogen-bond acceptors (Lipinski definition) is 13. The van der Waals surface area contributed by atoms with Crippen molar-refractivity contribution in [3.63, 3.8) is 0 Å². The Balaban J connectivity index is 0.728. The number of nitriles is 1. The second-order valence-electron chi connectivity index (χ2n) is 17.2. The van der Waals surface area contributed by atoms with Crippen molar-refractivity contribution in [1.29, 1.82) is 5.26 Å². The van der Waals surface area contributed by atoms with Gasteiger partial charge in [-0.1, -0.05) is 6.07 Å². The van der Waals surface area contributed by atoms with E-state index >= 15 is 4.39 Å². The van der Waals surface area contributed by atoms with Gasteiger partial charge in [-0.3, -0.25) is 29.5 Å². The molecule has 0 bridgehead atoms. The summed E-state index contributed by atoms with van der Waals surface area (Å²) in [5.74, 6) is -1.11. The summed E-state index contributed by atoms with van der Waals surface area (Å²) in [6, 6.07) is 13.5. The number of piperidine rings is 1. The normalized spacial score (nSPS) is 22.9. The number of anilines is 4. The standard InChI is InChI=1S/C45H47F4N11O4/c46-40-34(9-11-38(54-40)55-41-33-13-14-59(24-36(33)51-25-52-41)31-6-3-27(21-50)35(20-31)45(47,48)49)42(62)53-29-4-1-26(2-5-29)22-57-15-17-58(18-16-57)30-7-8-32-28(19-30)23-60(44(32)64)37-10-12-39(61)56-43(37)63/h3,6-9,11,19-20,25-26,29,37,44,64H,1-2,4-5,10,12-18,22-24H2,(H,53,62)(H,56,61,63)(H,51,52,54,55)/t26-,29-,37?,44?. The number of pyridine rings is 1. The van der Waals surface area contributed by atoms with Crippen LogP contribution in [-0.4, -0.2) is 98.9 Å². The molecular formula is C45H47F4N11O4. The van der Waals surface area contributed by atoms with Crippen molar-refractivity contribution in [2.75, 3.05) is 54.4 Å². The Kier molecular flexibility index (Phi) is 11.9. The molecule has 15 nitrogen and oxygen atoms in total. The molecular weight excluding hydrogens is 835 g/mol. The van der Waals surface area contributed by atoms with E-state index in [0.29, 0.717) is 54.6 Å². The smallest absolute Gasteiger partial charge is 0.374 e. The van der Waals surface area contributed by atoms with Crippen molar-refractivity contribution >= 4 is 40.7 Å². The fourth-order valence-electron chi connectivity index (χ4n) is 9.76. The number of hydrogen-bond donors (Lipinski definition) is 4. The largest absolute Gasteiger partial charge is 0.417 e. The Morgan fingerprint density at radius 1 is 0.906 bits per heavy atom. The minimum absolute atomic E-state index is 0.0847. The van der Waals surface area contributed by atoms with Crippen LogP contribution in [0, 0.1) is 23.2 Å². The van der Waals surface area contributed by atoms with E-state index in [-0.39, 0.29) is 42.2 Å². The number of aliphatic hydroxyl groups is 1. The van der Waals surface area contributed by atoms with Gasteiger partial charge in [0.1, 0.15) is 24.2 Å². The number of carbonyl (C=O) groups excluding carboxylic acids is 3. The summed E-state index contributed by atoms with van der Waals surface area (Å²) in [4.78, 5) is 58.3. The Labute approximate surface area is 366 Å². The lowest BCUT2D eigenvalue weighted by Gasteiger charge is -2.39. The Hall–Kier alpha value is -6.23. The number of alkyl halides is 3. The number of benzene rings is 2. The Morgan fingerprint density at radius 3 is 2.41 bits per heavy atom. The fraction of sp³-hybridized carbons (Fsp3) is 0.444. The predicted molar refractivity (Wildman–Crippen MR) is 225 cm³/mol. The maximum absolute atomic E-state index is 15.4. The van der Waals surface area contributed by atoms with Crippen LogP contribution in [-0.2, 0) is 35.3 Å². The van der Waals surface area contributed by atoms with E-state index in [2.05, 4.69) is 46.8 Å². The van der Waals surface area contributed by atoms with Gasteiger partial charge in [0, 0.05) is 80.8 Å². The van der Waals surface area contributed by atoms with Crippen LogP contribution in [0.4, 0.5) is 40.6 Å². The van der Waals surface area contributed by atoms with Gasteiger partial charge in [-0.05, 0) is 92.5 Å². The zero-order valence-corrected chi connectivity index (χ0v) is 34.9. The number of aliphatic hydroxyl groups excluding tert-OH is 1. The summed E-state index contributed by atoms with van der Waals surface area (Å²) < 4.78 is 56.2. The highest BCUT2D eigenvalue weighted by Crippen LogP contribution is 2.39. The molecule has 2 saturated heterocycles. The number of carbonyl (C=O) groups is 3. The molecule has 2 unspecified atom stereocenters. The fourth-order valence-corrected chi connectivity index (χ4v) is 9.76. The van der Waals surface area contributed by atoms with Gasteiger partial charge in [0.25, 0.3) is 5.91 Å². The molecule has 0 radical (unpaired) electrons. The lowest BCUT2D eigenvalue weighted by molar-refractivity contribution is -0.142. The van der Waals surface area contributed by atoms with Gasteiger partial charge in [-0.15, -0.1) is 0 Å². The van der Waals surface area contributed by atoms with Gasteiger partial charge < -0.3 is 25.5 Å². The number of halogens is 4. The summed E-state index contributed by atoms with van der Waals surface area (Å²) in [6.45, 7) is 5.47. The summed E-state index contributed by atoms with van der Waals surface area (Å²) in [5.41, 5.74) is 2.85. The zero-order chi connectivity index (χ0) is 44.7. The number of nitrogens with zero attached hydrogens (tertiary/aromatic N) is 8. The number of nitrogens with one attached hydrogen (secondary N) is 3. The number of aromatic nitrogens is 3. The van der Waals surface area contributed by atoms with Gasteiger partial charge in [0.15, 0.2) is 0 Å². The molecule has 3 fully saturated rings. The van der Waals surface area contributed by atoms with Crippen LogP contribution >= 0.6 is 0 Å². The summed E-state index contributed by atoms with van der Waals surface area (Å²) >= 11 is 0. The van der Waals surface area contributed by atoms with Crippen molar-refractivity contribution in [3.8, 4) is 6.07 Å². The average molecular weight is 882 g/mol. The van der Waals surface area contributed by atoms with E-state index in [0.717, 1.165) is 87.4 Å². The van der Waals surface area contributed by atoms with Crippen LogP contribution in [0.15, 0.2) is 54.9 Å². The SMILES string of the molecule is N#Cc1ccc(N2CCc3c(ncnc3Nc3ccc(C(=O)N[C@H]4CC[C@H](CN5CCN(c6ccc7c(c6)CN(C6CCC(=O)NC6=O)C7O)CC5)CC4)c(F)n3)C2)cc1C(F)(F)F. The molecule has 3 amide bonds. The highest BCUT2D eigenvalue weighted by Gasteiger charge is 2.40. The Bertz CT molecular complexity index is 2500. The first-order chi connectivity index (χ1) is 30.8. The number of amides is 3. The second-order valence-corrected chi connectivity index (χ2v) is 17.2. The third-order valence-corrected chi connectivity index (χ3v) is 13.3. The number of imide groups is 1. The van der Waals surface area contributed by atoms with Crippen LogP contribution in [0.1, 0.15) is 88.6 Å². The molecule has 4 aliphatic heterocycles. The van der Waals surface area contributed by atoms with Crippen LogP contribution in [0.25, 0.3) is 0 Å². The highest BCUT2D eigenvalue weighted by molar-refractivity contribution is 6.00. The molecule has 4 aromatic rings. The zero-order valence-electron chi connectivity index (χ0n) is 34.9. The maximum Gasteiger partial charge on any atom is 0.417 e. The minimum atomic E-state index is -4.68. The minimum Gasteiger partial charge on any atom is -0.374 e. The molecule has 1 saturated carbocycles. The van der Waals surface area contributed by atoms with Gasteiger partial charge in [0.05, 0.1) is 41.0 Å². The molecule has 2 aromatic carbocycles. The van der Waals surface area contributed by atoms with Gasteiger partial charge in [-0.25, -0.2) is 15.0 Å². The van der Waals surface area contributed by atoms with E-state index in [1.54, 1.807) is 15.9 Å². The molecule has 2 aromatic heterocycles. The first-order valence-electron chi connectivity index (χ1n) is 21.6. The number of fused-ring (bicyclic) bond motifs is 2. The molecule has 4 N–H and O–H groups in total. The summed E-state index contributed by atoms with van der Waals surface area (Å²) in [5, 5.41) is 28.6. The molecule has 2 atom stereocenters. The summed E-state index contributed by atoms with van der Waals surface area (Å²) in [6.07, 6.45) is 0.214. The predicted octanol–water partition coefficient (Wildman–Crippen LogP) is 4.93. The molecule has 19 heteroatoms. The Morgan fingerprint density at radius 2 is 1.67 bits per heavy atom. The number of piperazine rings is 1. The molecule has 1 aliphatic carbocycles. The van der Waals surface area contributed by atoms with Crippen molar-refractivity contribution < 1.29 is 37.1 Å². The topological polar surface area (TPSA) is 183 Å². The molecule has 0 spiro atoms. The molecule has 5 aliphatic rings. The molecule has 6 heterocycles. The van der Waals surface area contributed by atoms with Crippen LogP contribution in [0.5, 0.6) is 0 Å². The second kappa shape index (κ2) is 17.7. The van der Waals surface area contributed by atoms with Crippen LogP contribution < -0.4 is 25.8 Å². The van der Waals surface area contributed by atoms with Crippen LogP contribution in [0.3, 0.4) is 0 Å². The lowest BCUT2D eigenvalue weighted by atomic mass is 9.85. The molecule has 64 heavy (non-hydrogen) atoms. The van der Waals surface area contributed by atoms with Crippen LogP contribution in [0.2, 0.25) is 0 Å². The van der Waals surface area contributed by atoms with E-state index < -0.39 is 41.4 Å². The molecule has 334 valence electrons. The van der Waals surface area contributed by atoms with Gasteiger partial charge in [0.2, 0.25) is 17.8 Å². The quantitative estimate of drug-likeness (QED) is 0.101. The molecule has 9 rings (SSSR count). The van der Waals surface area contributed by atoms with E-state index in [4.69, 9.17) is 5.26 Å². The first-order valence-corrected chi connectivity index (χ1v) is 21.6. The lowest BCUT2D eigenvalue weighted by Crippen LogP contribution is -2.51. The van der Waals surface area contributed by atoms with E-state index in [9.17, 15) is 32.7 Å².